The summed E-state index contributed by atoms with van der Waals surface area (Å²) in [7, 11) is 0. The van der Waals surface area contributed by atoms with Crippen molar-refractivity contribution in [3.05, 3.63) is 74.4 Å². The molecule has 0 spiro atoms. The zero-order valence-corrected chi connectivity index (χ0v) is 16.6. The molecular formula is C22H20IN. The minimum absolute atomic E-state index is 1.28. The largest absolute Gasteiger partial charge is 0.309 e. The van der Waals surface area contributed by atoms with Crippen molar-refractivity contribution in [1.29, 1.82) is 0 Å². The van der Waals surface area contributed by atoms with Crippen molar-refractivity contribution in [2.24, 2.45) is 0 Å². The number of nitrogens with zero attached hydrogens (tertiary/aromatic N) is 1. The van der Waals surface area contributed by atoms with E-state index in [4.69, 9.17) is 0 Å². The lowest BCUT2D eigenvalue weighted by atomic mass is 10.1. The fourth-order valence-corrected chi connectivity index (χ4v) is 4.14. The van der Waals surface area contributed by atoms with Gasteiger partial charge in [-0.15, -0.1) is 0 Å². The van der Waals surface area contributed by atoms with E-state index in [9.17, 15) is 0 Å². The molecule has 3 aromatic carbocycles. The van der Waals surface area contributed by atoms with Crippen LogP contribution in [0.15, 0.2) is 48.5 Å². The second kappa shape index (κ2) is 5.62. The Hall–Kier alpha value is -1.81. The lowest BCUT2D eigenvalue weighted by molar-refractivity contribution is 1.13. The minimum atomic E-state index is 1.28. The van der Waals surface area contributed by atoms with E-state index in [1.165, 1.54) is 53.3 Å². The van der Waals surface area contributed by atoms with Gasteiger partial charge in [0.25, 0.3) is 0 Å². The second-order valence-corrected chi connectivity index (χ2v) is 7.93. The maximum absolute atomic E-state index is 2.42. The molecule has 0 unspecified atom stereocenters. The third kappa shape index (κ3) is 2.35. The number of benzene rings is 3. The van der Waals surface area contributed by atoms with Crippen LogP contribution in [0.25, 0.3) is 27.5 Å². The fourth-order valence-electron chi connectivity index (χ4n) is 3.52. The Balaban J connectivity index is 2.20. The molecule has 120 valence electrons. The van der Waals surface area contributed by atoms with E-state index in [0.29, 0.717) is 0 Å². The van der Waals surface area contributed by atoms with Gasteiger partial charge in [-0.1, -0.05) is 23.3 Å². The standard InChI is InChI=1S/C22H20IN/c1-13-5-7-20-17(9-13)18-10-14(2)6-8-21(18)24(20)22-12-15(3)19(23)11-16(22)4/h5-12H,1-4H3. The van der Waals surface area contributed by atoms with E-state index in [1.54, 1.807) is 0 Å². The van der Waals surface area contributed by atoms with E-state index >= 15 is 0 Å². The van der Waals surface area contributed by atoms with Crippen molar-refractivity contribution >= 4 is 44.4 Å². The summed E-state index contributed by atoms with van der Waals surface area (Å²) >= 11 is 2.42. The van der Waals surface area contributed by atoms with Crippen molar-refractivity contribution < 1.29 is 0 Å². The molecule has 0 saturated heterocycles. The average Bonchev–Trinajstić information content (AvgIpc) is 2.84. The van der Waals surface area contributed by atoms with Crippen molar-refractivity contribution in [2.45, 2.75) is 27.7 Å². The molecular weight excluding hydrogens is 405 g/mol. The quantitative estimate of drug-likeness (QED) is 0.302. The van der Waals surface area contributed by atoms with E-state index in [0.717, 1.165) is 0 Å². The van der Waals surface area contributed by atoms with Gasteiger partial charge in [0.05, 0.1) is 11.0 Å². The van der Waals surface area contributed by atoms with Crippen LogP contribution in [0.1, 0.15) is 22.3 Å². The van der Waals surface area contributed by atoms with E-state index in [2.05, 4.69) is 103 Å². The first-order chi connectivity index (χ1) is 11.5. The van der Waals surface area contributed by atoms with Gasteiger partial charge in [-0.05, 0) is 97.8 Å². The number of hydrogen-bond donors (Lipinski definition) is 0. The second-order valence-electron chi connectivity index (χ2n) is 6.76. The first-order valence-electron chi connectivity index (χ1n) is 8.24. The van der Waals surface area contributed by atoms with Crippen LogP contribution < -0.4 is 0 Å². The summed E-state index contributed by atoms with van der Waals surface area (Å²) in [5.41, 5.74) is 9.09. The van der Waals surface area contributed by atoms with Crippen LogP contribution >= 0.6 is 22.6 Å². The molecule has 0 saturated carbocycles. The Morgan fingerprint density at radius 1 is 0.667 bits per heavy atom. The maximum Gasteiger partial charge on any atom is 0.0541 e. The summed E-state index contributed by atoms with van der Waals surface area (Å²) in [4.78, 5) is 0. The molecule has 0 N–H and O–H groups in total. The van der Waals surface area contributed by atoms with E-state index in [1.807, 2.05) is 0 Å². The lowest BCUT2D eigenvalue weighted by Crippen LogP contribution is -1.99. The minimum Gasteiger partial charge on any atom is -0.309 e. The molecule has 24 heavy (non-hydrogen) atoms. The predicted octanol–water partition coefficient (Wildman–Crippen LogP) is 6.62. The number of rotatable bonds is 1. The maximum atomic E-state index is 2.42. The van der Waals surface area contributed by atoms with E-state index in [-0.39, 0.29) is 0 Å². The van der Waals surface area contributed by atoms with Crippen molar-refractivity contribution in [3.63, 3.8) is 0 Å². The summed E-state index contributed by atoms with van der Waals surface area (Å²) in [5.74, 6) is 0. The summed E-state index contributed by atoms with van der Waals surface area (Å²) in [6.07, 6.45) is 0. The molecule has 0 atom stereocenters. The first-order valence-corrected chi connectivity index (χ1v) is 9.32. The summed E-state index contributed by atoms with van der Waals surface area (Å²) in [6.45, 7) is 8.72. The summed E-state index contributed by atoms with van der Waals surface area (Å²) in [6, 6.07) is 18.1. The molecule has 1 aromatic heterocycles. The van der Waals surface area contributed by atoms with Crippen LogP contribution in [-0.2, 0) is 0 Å². The van der Waals surface area contributed by atoms with Gasteiger partial charge in [-0.2, -0.15) is 0 Å². The number of aryl methyl sites for hydroxylation is 4. The number of fused-ring (bicyclic) bond motifs is 3. The predicted molar refractivity (Wildman–Crippen MR) is 112 cm³/mol. The monoisotopic (exact) mass is 425 g/mol. The molecule has 0 amide bonds. The molecule has 1 nitrogen and oxygen atoms in total. The molecule has 2 heteroatoms. The zero-order chi connectivity index (χ0) is 17.0. The lowest BCUT2D eigenvalue weighted by Gasteiger charge is -2.13. The Labute approximate surface area is 156 Å². The third-order valence-electron chi connectivity index (χ3n) is 4.79. The zero-order valence-electron chi connectivity index (χ0n) is 14.4. The number of hydrogen-bond acceptors (Lipinski definition) is 0. The summed E-state index contributed by atoms with van der Waals surface area (Å²) in [5, 5.41) is 2.67. The molecule has 0 bridgehead atoms. The molecule has 0 aliphatic carbocycles. The van der Waals surface area contributed by atoms with Gasteiger partial charge in [-0.3, -0.25) is 0 Å². The van der Waals surface area contributed by atoms with Crippen LogP contribution in [0.2, 0.25) is 0 Å². The van der Waals surface area contributed by atoms with Crippen molar-refractivity contribution in [3.8, 4) is 5.69 Å². The van der Waals surface area contributed by atoms with Gasteiger partial charge in [0.2, 0.25) is 0 Å². The average molecular weight is 425 g/mol. The van der Waals surface area contributed by atoms with E-state index < -0.39 is 0 Å². The van der Waals surface area contributed by atoms with Crippen LogP contribution in [-0.4, -0.2) is 4.57 Å². The summed E-state index contributed by atoms with van der Waals surface area (Å²) < 4.78 is 3.74. The van der Waals surface area contributed by atoms with Crippen LogP contribution in [0.4, 0.5) is 0 Å². The Morgan fingerprint density at radius 2 is 1.21 bits per heavy atom. The smallest absolute Gasteiger partial charge is 0.0541 e. The van der Waals surface area contributed by atoms with Gasteiger partial charge < -0.3 is 4.57 Å². The highest BCUT2D eigenvalue weighted by atomic mass is 127. The van der Waals surface area contributed by atoms with Crippen molar-refractivity contribution in [2.75, 3.05) is 0 Å². The molecule has 4 rings (SSSR count). The van der Waals surface area contributed by atoms with Crippen molar-refractivity contribution in [1.82, 2.24) is 4.57 Å². The van der Waals surface area contributed by atoms with Gasteiger partial charge in [0.15, 0.2) is 0 Å². The highest BCUT2D eigenvalue weighted by Crippen LogP contribution is 2.35. The highest BCUT2D eigenvalue weighted by Gasteiger charge is 2.14. The van der Waals surface area contributed by atoms with Crippen LogP contribution in [0.5, 0.6) is 0 Å². The fraction of sp³-hybridized carbons (Fsp3) is 0.182. The van der Waals surface area contributed by atoms with Gasteiger partial charge in [0.1, 0.15) is 0 Å². The molecule has 0 aliphatic rings. The van der Waals surface area contributed by atoms with Gasteiger partial charge in [-0.25, -0.2) is 0 Å². The molecule has 0 fully saturated rings. The highest BCUT2D eigenvalue weighted by molar-refractivity contribution is 14.1. The molecule has 4 aromatic rings. The SMILES string of the molecule is Cc1ccc2c(c1)c1cc(C)ccc1n2-c1cc(C)c(I)cc1C. The molecule has 1 heterocycles. The van der Waals surface area contributed by atoms with Gasteiger partial charge in [0, 0.05) is 20.0 Å². The Morgan fingerprint density at radius 3 is 1.75 bits per heavy atom. The topological polar surface area (TPSA) is 4.93 Å². The first kappa shape index (κ1) is 15.7. The third-order valence-corrected chi connectivity index (χ3v) is 5.96. The Kier molecular flexibility index (Phi) is 3.68. The van der Waals surface area contributed by atoms with Crippen LogP contribution in [0, 0.1) is 31.3 Å². The number of aromatic nitrogens is 1. The number of halogens is 1. The Bertz CT molecular complexity index is 1040. The van der Waals surface area contributed by atoms with Crippen LogP contribution in [0.3, 0.4) is 0 Å². The molecule has 0 aliphatic heterocycles. The normalized spacial score (nSPS) is 11.5. The molecule has 0 radical (unpaired) electrons. The van der Waals surface area contributed by atoms with Gasteiger partial charge >= 0.3 is 0 Å².